The Balaban J connectivity index is 2.84. The van der Waals surface area contributed by atoms with Crippen molar-refractivity contribution < 1.29 is 13.5 Å². The second-order valence-electron chi connectivity index (χ2n) is 1.66. The zero-order chi connectivity index (χ0) is 7.82. The number of rotatable bonds is 6. The van der Waals surface area contributed by atoms with Gasteiger partial charge in [-0.15, -0.1) is 0 Å². The minimum atomic E-state index is -1.74. The molecule has 10 heavy (non-hydrogen) atoms. The first-order chi connectivity index (χ1) is 4.77. The molecule has 0 rings (SSSR count). The summed E-state index contributed by atoms with van der Waals surface area (Å²) in [5.74, 6) is 0.118. The van der Waals surface area contributed by atoms with Gasteiger partial charge in [-0.2, -0.15) is 0 Å². The van der Waals surface area contributed by atoms with Crippen molar-refractivity contribution in [2.45, 2.75) is 6.92 Å². The van der Waals surface area contributed by atoms with E-state index in [1.54, 1.807) is 0 Å². The van der Waals surface area contributed by atoms with Crippen LogP contribution in [0.4, 0.5) is 0 Å². The molecule has 2 N–H and O–H groups in total. The normalized spacial score (nSPS) is 13.4. The number of nitrogens with one attached hydrogen (secondary N) is 1. The summed E-state index contributed by atoms with van der Waals surface area (Å²) >= 11 is -1.74. The zero-order valence-corrected chi connectivity index (χ0v) is 6.82. The van der Waals surface area contributed by atoms with Gasteiger partial charge >= 0.3 is 0 Å². The van der Waals surface area contributed by atoms with Crippen molar-refractivity contribution in [3.05, 3.63) is 0 Å². The molecule has 0 bridgehead atoms. The van der Waals surface area contributed by atoms with Crippen LogP contribution in [0.5, 0.6) is 0 Å². The highest BCUT2D eigenvalue weighted by Crippen LogP contribution is 1.71. The maximum absolute atomic E-state index is 10.0. The maximum atomic E-state index is 10.0. The van der Waals surface area contributed by atoms with Crippen molar-refractivity contribution in [2.75, 3.05) is 25.6 Å². The average Bonchev–Trinajstić information content (AvgIpc) is 1.87. The van der Waals surface area contributed by atoms with Crippen LogP contribution in [-0.2, 0) is 15.8 Å². The average molecular weight is 167 g/mol. The molecule has 0 aliphatic rings. The van der Waals surface area contributed by atoms with Crippen LogP contribution in [-0.4, -0.2) is 34.4 Å². The minimum Gasteiger partial charge on any atom is -0.380 e. The molecule has 0 radical (unpaired) electrons. The van der Waals surface area contributed by atoms with Gasteiger partial charge in [0.2, 0.25) is 0 Å². The predicted molar refractivity (Wildman–Crippen MR) is 40.1 cm³/mol. The zero-order valence-electron chi connectivity index (χ0n) is 6.00. The molecule has 0 spiro atoms. The standard InChI is InChI=1S/C5H13NO3S/c1-2-9-4-3-6-5-10(7)8/h6H,2-5H2,1H3,(H,7,8). The van der Waals surface area contributed by atoms with E-state index in [0.717, 1.165) is 0 Å². The van der Waals surface area contributed by atoms with Gasteiger partial charge in [0, 0.05) is 13.2 Å². The SMILES string of the molecule is CCOCCNCS(=O)O. The highest BCUT2D eigenvalue weighted by Gasteiger charge is 1.90. The second kappa shape index (κ2) is 7.14. The van der Waals surface area contributed by atoms with Crippen LogP contribution in [0.15, 0.2) is 0 Å². The number of ether oxygens (including phenoxy) is 1. The van der Waals surface area contributed by atoms with E-state index in [1.807, 2.05) is 6.92 Å². The van der Waals surface area contributed by atoms with Gasteiger partial charge in [0.15, 0.2) is 11.1 Å². The smallest absolute Gasteiger partial charge is 0.167 e. The molecule has 0 aliphatic heterocycles. The topological polar surface area (TPSA) is 58.6 Å². The summed E-state index contributed by atoms with van der Waals surface area (Å²) in [5, 5.41) is 2.74. The molecule has 0 saturated carbocycles. The van der Waals surface area contributed by atoms with E-state index in [4.69, 9.17) is 9.29 Å². The van der Waals surface area contributed by atoms with Crippen molar-refractivity contribution >= 4 is 11.1 Å². The second-order valence-corrected chi connectivity index (χ2v) is 2.59. The lowest BCUT2D eigenvalue weighted by atomic mass is 10.7. The molecule has 0 aromatic rings. The van der Waals surface area contributed by atoms with Crippen LogP contribution in [0.1, 0.15) is 6.92 Å². The summed E-state index contributed by atoms with van der Waals surface area (Å²) in [4.78, 5) is 0. The van der Waals surface area contributed by atoms with E-state index < -0.39 is 11.1 Å². The maximum Gasteiger partial charge on any atom is 0.167 e. The van der Waals surface area contributed by atoms with Crippen LogP contribution in [0.3, 0.4) is 0 Å². The lowest BCUT2D eigenvalue weighted by Gasteiger charge is -2.00. The summed E-state index contributed by atoms with van der Waals surface area (Å²) in [7, 11) is 0. The van der Waals surface area contributed by atoms with Crippen LogP contribution in [0, 0.1) is 0 Å². The molecular formula is C5H13NO3S. The fourth-order valence-corrected chi connectivity index (χ4v) is 0.767. The summed E-state index contributed by atoms with van der Waals surface area (Å²) in [6.07, 6.45) is 0. The summed E-state index contributed by atoms with van der Waals surface area (Å²) < 4.78 is 23.3. The Morgan fingerprint density at radius 1 is 1.70 bits per heavy atom. The first kappa shape index (κ1) is 10.0. The molecule has 0 heterocycles. The molecule has 0 aliphatic carbocycles. The van der Waals surface area contributed by atoms with Gasteiger partial charge < -0.3 is 14.6 Å². The Hall–Kier alpha value is 0.0300. The van der Waals surface area contributed by atoms with Gasteiger partial charge in [0.1, 0.15) is 0 Å². The Bertz CT molecular complexity index is 98.9. The molecular weight excluding hydrogens is 154 g/mol. The summed E-state index contributed by atoms with van der Waals surface area (Å²) in [6.45, 7) is 3.81. The fraction of sp³-hybridized carbons (Fsp3) is 1.00. The molecule has 0 fully saturated rings. The molecule has 0 aromatic heterocycles. The largest absolute Gasteiger partial charge is 0.380 e. The molecule has 4 nitrogen and oxygen atoms in total. The summed E-state index contributed by atoms with van der Waals surface area (Å²) in [5.41, 5.74) is 0. The van der Waals surface area contributed by atoms with E-state index in [1.165, 1.54) is 0 Å². The number of hydrogen-bond acceptors (Lipinski definition) is 3. The Kier molecular flexibility index (Phi) is 7.16. The molecule has 5 heteroatoms. The van der Waals surface area contributed by atoms with Crippen LogP contribution in [0.25, 0.3) is 0 Å². The van der Waals surface area contributed by atoms with Crippen LogP contribution < -0.4 is 5.32 Å². The van der Waals surface area contributed by atoms with E-state index in [0.29, 0.717) is 19.8 Å². The van der Waals surface area contributed by atoms with E-state index >= 15 is 0 Å². The quantitative estimate of drug-likeness (QED) is 0.424. The highest BCUT2D eigenvalue weighted by molar-refractivity contribution is 7.79. The van der Waals surface area contributed by atoms with Gasteiger partial charge in [-0.25, -0.2) is 4.21 Å². The Morgan fingerprint density at radius 2 is 2.40 bits per heavy atom. The molecule has 62 valence electrons. The number of hydrogen-bond donors (Lipinski definition) is 2. The van der Waals surface area contributed by atoms with Crippen molar-refractivity contribution in [3.8, 4) is 0 Å². The summed E-state index contributed by atoms with van der Waals surface area (Å²) in [6, 6.07) is 0. The molecule has 0 amide bonds. The molecule has 0 saturated heterocycles. The van der Waals surface area contributed by atoms with Crippen LogP contribution in [0.2, 0.25) is 0 Å². The monoisotopic (exact) mass is 167 g/mol. The van der Waals surface area contributed by atoms with E-state index in [9.17, 15) is 4.21 Å². The van der Waals surface area contributed by atoms with E-state index in [-0.39, 0.29) is 5.88 Å². The first-order valence-electron chi connectivity index (χ1n) is 3.13. The van der Waals surface area contributed by atoms with Gasteiger partial charge in [0.05, 0.1) is 12.5 Å². The Labute approximate surface area is 63.2 Å². The third-order valence-electron chi connectivity index (χ3n) is 0.853. The van der Waals surface area contributed by atoms with Gasteiger partial charge in [0.25, 0.3) is 0 Å². The minimum absolute atomic E-state index is 0.118. The van der Waals surface area contributed by atoms with Crippen molar-refractivity contribution in [1.82, 2.24) is 5.32 Å². The van der Waals surface area contributed by atoms with E-state index in [2.05, 4.69) is 5.32 Å². The van der Waals surface area contributed by atoms with Gasteiger partial charge in [-0.05, 0) is 6.92 Å². The third-order valence-corrected chi connectivity index (χ3v) is 1.30. The fourth-order valence-electron chi connectivity index (χ4n) is 0.448. The Morgan fingerprint density at radius 3 is 2.90 bits per heavy atom. The molecule has 1 unspecified atom stereocenters. The highest BCUT2D eigenvalue weighted by atomic mass is 32.2. The van der Waals surface area contributed by atoms with Crippen molar-refractivity contribution in [2.24, 2.45) is 0 Å². The van der Waals surface area contributed by atoms with Gasteiger partial charge in [-0.3, -0.25) is 0 Å². The van der Waals surface area contributed by atoms with Crippen molar-refractivity contribution in [3.63, 3.8) is 0 Å². The van der Waals surface area contributed by atoms with Crippen LogP contribution >= 0.6 is 0 Å². The lowest BCUT2D eigenvalue weighted by Crippen LogP contribution is -2.23. The molecule has 0 aromatic carbocycles. The third kappa shape index (κ3) is 8.03. The van der Waals surface area contributed by atoms with Gasteiger partial charge in [-0.1, -0.05) is 0 Å². The predicted octanol–water partition coefficient (Wildman–Crippen LogP) is -0.208. The molecule has 1 atom stereocenters. The first-order valence-corrected chi connectivity index (χ1v) is 4.41. The van der Waals surface area contributed by atoms with Crippen molar-refractivity contribution in [1.29, 1.82) is 0 Å². The lowest BCUT2D eigenvalue weighted by molar-refractivity contribution is 0.150.